The summed E-state index contributed by atoms with van der Waals surface area (Å²) in [5.41, 5.74) is 2.69. The third kappa shape index (κ3) is 2.73. The van der Waals surface area contributed by atoms with Crippen LogP contribution in [0.15, 0.2) is 28.8 Å². The van der Waals surface area contributed by atoms with Crippen molar-refractivity contribution in [1.29, 1.82) is 0 Å². The van der Waals surface area contributed by atoms with E-state index < -0.39 is 0 Å². The number of methoxy groups -OCH3 is 1. The second kappa shape index (κ2) is 5.73. The zero-order valence-corrected chi connectivity index (χ0v) is 11.8. The predicted octanol–water partition coefficient (Wildman–Crippen LogP) is 2.03. The summed E-state index contributed by atoms with van der Waals surface area (Å²) in [7, 11) is 1.69. The van der Waals surface area contributed by atoms with Crippen LogP contribution in [0.1, 0.15) is 35.8 Å². The lowest BCUT2D eigenvalue weighted by atomic mass is 9.96. The molecule has 1 aromatic carbocycles. The Morgan fingerprint density at radius 2 is 2.20 bits per heavy atom. The van der Waals surface area contributed by atoms with Crippen LogP contribution in [0.3, 0.4) is 0 Å². The number of benzene rings is 1. The number of aromatic nitrogens is 2. The molecule has 20 heavy (non-hydrogen) atoms. The summed E-state index contributed by atoms with van der Waals surface area (Å²) in [5.74, 6) is 1.37. The summed E-state index contributed by atoms with van der Waals surface area (Å²) in [6, 6.07) is 8.55. The second-order valence-electron chi connectivity index (χ2n) is 5.21. The maximum Gasteiger partial charge on any atom is 0.244 e. The Labute approximate surface area is 118 Å². The lowest BCUT2D eigenvalue weighted by molar-refractivity contribution is 0.116. The molecule has 1 aliphatic heterocycles. The van der Waals surface area contributed by atoms with Gasteiger partial charge in [0.1, 0.15) is 0 Å². The van der Waals surface area contributed by atoms with Crippen molar-refractivity contribution in [3.63, 3.8) is 0 Å². The average molecular weight is 273 g/mol. The van der Waals surface area contributed by atoms with Crippen LogP contribution < -0.4 is 5.32 Å². The van der Waals surface area contributed by atoms with Gasteiger partial charge in [-0.05, 0) is 24.5 Å². The fraction of sp³-hybridized carbons (Fsp3) is 0.467. The molecule has 106 valence electrons. The second-order valence-corrected chi connectivity index (χ2v) is 5.21. The van der Waals surface area contributed by atoms with Crippen molar-refractivity contribution in [2.24, 2.45) is 0 Å². The van der Waals surface area contributed by atoms with Gasteiger partial charge in [-0.2, -0.15) is 4.98 Å². The van der Waals surface area contributed by atoms with Crippen LogP contribution in [0.2, 0.25) is 0 Å². The maximum atomic E-state index is 5.39. The summed E-state index contributed by atoms with van der Waals surface area (Å²) < 4.78 is 10.6. The fourth-order valence-corrected chi connectivity index (χ4v) is 2.46. The number of hydrogen-bond acceptors (Lipinski definition) is 5. The first kappa shape index (κ1) is 13.3. The number of hydrogen-bond donors (Lipinski definition) is 1. The zero-order valence-electron chi connectivity index (χ0n) is 11.8. The molecule has 0 amide bonds. The highest BCUT2D eigenvalue weighted by molar-refractivity contribution is 5.30. The lowest BCUT2D eigenvalue weighted by Gasteiger charge is -2.23. The number of fused-ring (bicyclic) bond motifs is 1. The molecule has 0 radical (unpaired) electrons. The molecule has 1 aliphatic rings. The first-order valence-electron chi connectivity index (χ1n) is 6.91. The summed E-state index contributed by atoms with van der Waals surface area (Å²) in [6.45, 7) is 2.83. The van der Waals surface area contributed by atoms with Crippen molar-refractivity contribution >= 4 is 0 Å². The molecule has 0 saturated carbocycles. The molecular formula is C15H19N3O2. The Kier molecular flexibility index (Phi) is 3.80. The van der Waals surface area contributed by atoms with E-state index >= 15 is 0 Å². The van der Waals surface area contributed by atoms with Crippen LogP contribution in [0.5, 0.6) is 0 Å². The molecule has 3 rings (SSSR count). The molecule has 1 unspecified atom stereocenters. The van der Waals surface area contributed by atoms with E-state index in [4.69, 9.17) is 9.26 Å². The van der Waals surface area contributed by atoms with E-state index in [0.29, 0.717) is 18.1 Å². The van der Waals surface area contributed by atoms with E-state index in [1.807, 2.05) is 6.92 Å². The number of nitrogens with zero attached hydrogens (tertiary/aromatic N) is 2. The van der Waals surface area contributed by atoms with Gasteiger partial charge in [0.25, 0.3) is 0 Å². The predicted molar refractivity (Wildman–Crippen MR) is 74.2 cm³/mol. The van der Waals surface area contributed by atoms with Gasteiger partial charge in [-0.15, -0.1) is 0 Å². The standard InChI is InChI=1S/C15H19N3O2/c1-10(19-2)7-14-17-15(20-18-14)13-8-11-5-3-4-6-12(11)9-16-13/h3-6,10,13,16H,7-9H2,1-2H3/t10?,13-/m0/s1. The molecule has 0 fully saturated rings. The first-order valence-corrected chi connectivity index (χ1v) is 6.91. The summed E-state index contributed by atoms with van der Waals surface area (Å²) in [5, 5.41) is 7.47. The van der Waals surface area contributed by atoms with E-state index in [1.54, 1.807) is 7.11 Å². The average Bonchev–Trinajstić information content (AvgIpc) is 2.95. The molecule has 2 aromatic rings. The van der Waals surface area contributed by atoms with Gasteiger partial charge in [-0.25, -0.2) is 0 Å². The molecule has 2 atom stereocenters. The van der Waals surface area contributed by atoms with Crippen LogP contribution >= 0.6 is 0 Å². The molecule has 0 spiro atoms. The topological polar surface area (TPSA) is 60.2 Å². The van der Waals surface area contributed by atoms with Crippen LogP contribution in [0, 0.1) is 0 Å². The van der Waals surface area contributed by atoms with Crippen LogP contribution in [0.4, 0.5) is 0 Å². The molecule has 5 nitrogen and oxygen atoms in total. The Morgan fingerprint density at radius 3 is 3.00 bits per heavy atom. The minimum Gasteiger partial charge on any atom is -0.381 e. The van der Waals surface area contributed by atoms with Crippen LogP contribution in [0.25, 0.3) is 0 Å². The minimum atomic E-state index is 0.0977. The van der Waals surface area contributed by atoms with Gasteiger partial charge in [0.15, 0.2) is 5.82 Å². The van der Waals surface area contributed by atoms with Gasteiger partial charge in [0.2, 0.25) is 5.89 Å². The highest BCUT2D eigenvalue weighted by Gasteiger charge is 2.24. The van der Waals surface area contributed by atoms with E-state index in [2.05, 4.69) is 39.7 Å². The molecule has 1 N–H and O–H groups in total. The number of nitrogens with one attached hydrogen (secondary N) is 1. The molecular weight excluding hydrogens is 254 g/mol. The van der Waals surface area contributed by atoms with Gasteiger partial charge in [0, 0.05) is 20.1 Å². The fourth-order valence-electron chi connectivity index (χ4n) is 2.46. The highest BCUT2D eigenvalue weighted by Crippen LogP contribution is 2.24. The third-order valence-electron chi connectivity index (χ3n) is 3.74. The number of rotatable bonds is 4. The van der Waals surface area contributed by atoms with Gasteiger partial charge >= 0.3 is 0 Å². The Morgan fingerprint density at radius 1 is 1.40 bits per heavy atom. The van der Waals surface area contributed by atoms with Crippen molar-refractivity contribution < 1.29 is 9.26 Å². The molecule has 5 heteroatoms. The van der Waals surface area contributed by atoms with Crippen molar-refractivity contribution in [2.75, 3.05) is 7.11 Å². The number of ether oxygens (including phenoxy) is 1. The van der Waals surface area contributed by atoms with E-state index in [1.165, 1.54) is 11.1 Å². The van der Waals surface area contributed by atoms with Crippen LogP contribution in [-0.4, -0.2) is 23.4 Å². The quantitative estimate of drug-likeness (QED) is 0.923. The largest absolute Gasteiger partial charge is 0.381 e. The van der Waals surface area contributed by atoms with Crippen molar-refractivity contribution in [3.8, 4) is 0 Å². The maximum absolute atomic E-state index is 5.39. The van der Waals surface area contributed by atoms with Gasteiger partial charge in [-0.3, -0.25) is 0 Å². The Hall–Kier alpha value is -1.72. The van der Waals surface area contributed by atoms with Crippen molar-refractivity contribution in [2.45, 2.75) is 38.5 Å². The lowest BCUT2D eigenvalue weighted by Crippen LogP contribution is -2.28. The first-order chi connectivity index (χ1) is 9.76. The summed E-state index contributed by atoms with van der Waals surface area (Å²) in [4.78, 5) is 4.47. The molecule has 0 bridgehead atoms. The van der Waals surface area contributed by atoms with E-state index in [-0.39, 0.29) is 12.1 Å². The zero-order chi connectivity index (χ0) is 13.9. The van der Waals surface area contributed by atoms with Crippen molar-refractivity contribution in [1.82, 2.24) is 15.5 Å². The van der Waals surface area contributed by atoms with Crippen molar-refractivity contribution in [3.05, 3.63) is 47.1 Å². The summed E-state index contributed by atoms with van der Waals surface area (Å²) >= 11 is 0. The molecule has 0 aliphatic carbocycles. The SMILES string of the molecule is COC(C)Cc1noc([C@@H]2Cc3ccccc3CN2)n1. The van der Waals surface area contributed by atoms with Gasteiger partial charge < -0.3 is 14.6 Å². The summed E-state index contributed by atoms with van der Waals surface area (Å²) in [6.07, 6.45) is 1.65. The molecule has 1 aromatic heterocycles. The Bertz CT molecular complexity index is 582. The van der Waals surface area contributed by atoms with E-state index in [0.717, 1.165) is 13.0 Å². The minimum absolute atomic E-state index is 0.0977. The third-order valence-corrected chi connectivity index (χ3v) is 3.74. The Balaban J connectivity index is 1.72. The molecule has 2 heterocycles. The monoisotopic (exact) mass is 273 g/mol. The van der Waals surface area contributed by atoms with E-state index in [9.17, 15) is 0 Å². The smallest absolute Gasteiger partial charge is 0.244 e. The highest BCUT2D eigenvalue weighted by atomic mass is 16.5. The van der Waals surface area contributed by atoms with Gasteiger partial charge in [-0.1, -0.05) is 29.4 Å². The normalized spacial score (nSPS) is 19.6. The van der Waals surface area contributed by atoms with Crippen LogP contribution in [-0.2, 0) is 24.1 Å². The van der Waals surface area contributed by atoms with Gasteiger partial charge in [0.05, 0.1) is 12.1 Å². The molecule has 0 saturated heterocycles.